The van der Waals surface area contributed by atoms with Crippen LogP contribution in [-0.4, -0.2) is 59.2 Å². The van der Waals surface area contributed by atoms with Gasteiger partial charge in [0.25, 0.3) is 0 Å². The number of phenols is 1. The second-order valence-electron chi connectivity index (χ2n) is 9.37. The van der Waals surface area contributed by atoms with E-state index in [1.807, 2.05) is 7.05 Å². The maximum absolute atomic E-state index is 10.5. The SMILES string of the molecule is CN(c1ncc(-c2ccc(-n3cnc(Cl)n3)cc2O)nn1)C1CC(C)(C)NC(C)(C)C1. The number of benzene rings is 1. The molecule has 1 aliphatic heterocycles. The number of aromatic nitrogens is 6. The number of halogens is 1. The Kier molecular flexibility index (Phi) is 5.35. The van der Waals surface area contributed by atoms with Crippen LogP contribution in [0.5, 0.6) is 5.75 Å². The molecule has 164 valence electrons. The summed E-state index contributed by atoms with van der Waals surface area (Å²) in [5.41, 5.74) is 1.71. The molecule has 0 spiro atoms. The fraction of sp³-hybridized carbons (Fsp3) is 0.476. The Labute approximate surface area is 186 Å². The highest BCUT2D eigenvalue weighted by Crippen LogP contribution is 2.33. The Bertz CT molecular complexity index is 1060. The van der Waals surface area contributed by atoms with Gasteiger partial charge in [-0.1, -0.05) is 0 Å². The van der Waals surface area contributed by atoms with Crippen LogP contribution in [0, 0.1) is 0 Å². The van der Waals surface area contributed by atoms with Gasteiger partial charge >= 0.3 is 0 Å². The molecule has 3 aromatic rings. The van der Waals surface area contributed by atoms with Gasteiger partial charge in [0.1, 0.15) is 17.8 Å². The van der Waals surface area contributed by atoms with Crippen LogP contribution in [0.2, 0.25) is 5.28 Å². The number of piperidine rings is 1. The monoisotopic (exact) mass is 442 g/mol. The fourth-order valence-electron chi connectivity index (χ4n) is 4.51. The van der Waals surface area contributed by atoms with Crippen LogP contribution >= 0.6 is 11.6 Å². The minimum Gasteiger partial charge on any atom is -0.507 e. The lowest BCUT2D eigenvalue weighted by molar-refractivity contribution is 0.160. The van der Waals surface area contributed by atoms with Crippen molar-refractivity contribution in [3.05, 3.63) is 36.0 Å². The van der Waals surface area contributed by atoms with Gasteiger partial charge in [-0.05, 0) is 64.3 Å². The zero-order valence-corrected chi connectivity index (χ0v) is 19.1. The highest BCUT2D eigenvalue weighted by molar-refractivity contribution is 6.28. The Morgan fingerprint density at radius 1 is 1.13 bits per heavy atom. The predicted molar refractivity (Wildman–Crippen MR) is 120 cm³/mol. The summed E-state index contributed by atoms with van der Waals surface area (Å²) in [4.78, 5) is 10.5. The van der Waals surface area contributed by atoms with Gasteiger partial charge in [-0.3, -0.25) is 0 Å². The van der Waals surface area contributed by atoms with Gasteiger partial charge in [0, 0.05) is 35.8 Å². The normalized spacial score (nSPS) is 18.1. The number of hydrogen-bond acceptors (Lipinski definition) is 8. The van der Waals surface area contributed by atoms with E-state index < -0.39 is 0 Å². The summed E-state index contributed by atoms with van der Waals surface area (Å²) in [5, 5.41) is 27.0. The van der Waals surface area contributed by atoms with E-state index in [1.165, 1.54) is 11.0 Å². The smallest absolute Gasteiger partial charge is 0.245 e. The third-order valence-corrected chi connectivity index (χ3v) is 5.74. The second-order valence-corrected chi connectivity index (χ2v) is 9.71. The maximum atomic E-state index is 10.5. The average molecular weight is 443 g/mol. The van der Waals surface area contributed by atoms with Gasteiger partial charge in [0.2, 0.25) is 11.2 Å². The standard InChI is InChI=1S/C21H27ClN8O/c1-20(2)9-14(10-21(3,4)28-20)29(5)19-23-11-16(25-26-19)15-7-6-13(8-17(15)31)30-12-24-18(22)27-30/h6-8,11-12,14,28,31H,9-10H2,1-5H3. The molecule has 0 bridgehead atoms. The van der Waals surface area contributed by atoms with Crippen LogP contribution < -0.4 is 10.2 Å². The Morgan fingerprint density at radius 3 is 2.39 bits per heavy atom. The van der Waals surface area contributed by atoms with Crippen molar-refractivity contribution in [3.8, 4) is 22.7 Å². The van der Waals surface area contributed by atoms with Crippen molar-refractivity contribution in [2.24, 2.45) is 0 Å². The van der Waals surface area contributed by atoms with Gasteiger partial charge in [-0.15, -0.1) is 15.3 Å². The molecule has 10 heteroatoms. The predicted octanol–water partition coefficient (Wildman–Crippen LogP) is 3.22. The van der Waals surface area contributed by atoms with E-state index in [2.05, 4.69) is 63.2 Å². The molecule has 1 saturated heterocycles. The number of nitrogens with zero attached hydrogens (tertiary/aromatic N) is 7. The Morgan fingerprint density at radius 2 is 1.84 bits per heavy atom. The second kappa shape index (κ2) is 7.72. The molecule has 1 fully saturated rings. The number of hydrogen-bond donors (Lipinski definition) is 2. The molecule has 0 radical (unpaired) electrons. The van der Waals surface area contributed by atoms with E-state index in [4.69, 9.17) is 11.6 Å². The summed E-state index contributed by atoms with van der Waals surface area (Å²) in [6.45, 7) is 8.88. The van der Waals surface area contributed by atoms with E-state index in [0.717, 1.165) is 12.8 Å². The first-order valence-electron chi connectivity index (χ1n) is 10.2. The van der Waals surface area contributed by atoms with Crippen molar-refractivity contribution in [3.63, 3.8) is 0 Å². The van der Waals surface area contributed by atoms with Crippen molar-refractivity contribution in [1.29, 1.82) is 0 Å². The molecule has 1 aliphatic rings. The largest absolute Gasteiger partial charge is 0.507 e. The molecule has 0 atom stereocenters. The van der Waals surface area contributed by atoms with Gasteiger partial charge in [0.15, 0.2) is 0 Å². The summed E-state index contributed by atoms with van der Waals surface area (Å²) >= 11 is 5.77. The molecule has 0 aliphatic carbocycles. The first kappa shape index (κ1) is 21.5. The van der Waals surface area contributed by atoms with Crippen LogP contribution in [0.15, 0.2) is 30.7 Å². The number of anilines is 1. The zero-order chi connectivity index (χ0) is 22.4. The molecule has 2 aromatic heterocycles. The zero-order valence-electron chi connectivity index (χ0n) is 18.3. The molecule has 4 rings (SSSR count). The number of phenolic OH excluding ortho intramolecular Hbond substituents is 1. The third kappa shape index (κ3) is 4.62. The molecule has 0 saturated carbocycles. The van der Waals surface area contributed by atoms with Crippen molar-refractivity contribution < 1.29 is 5.11 Å². The molecule has 31 heavy (non-hydrogen) atoms. The quantitative estimate of drug-likeness (QED) is 0.634. The lowest BCUT2D eigenvalue weighted by atomic mass is 9.79. The lowest BCUT2D eigenvalue weighted by Gasteiger charge is -2.48. The average Bonchev–Trinajstić information content (AvgIpc) is 3.11. The van der Waals surface area contributed by atoms with E-state index in [-0.39, 0.29) is 22.1 Å². The summed E-state index contributed by atoms with van der Waals surface area (Å²) in [7, 11) is 2.01. The lowest BCUT2D eigenvalue weighted by Crippen LogP contribution is -2.62. The van der Waals surface area contributed by atoms with E-state index in [0.29, 0.717) is 28.9 Å². The summed E-state index contributed by atoms with van der Waals surface area (Å²) in [6, 6.07) is 5.40. The number of aromatic hydroxyl groups is 1. The van der Waals surface area contributed by atoms with Gasteiger partial charge < -0.3 is 15.3 Å². The summed E-state index contributed by atoms with van der Waals surface area (Å²) in [5.74, 6) is 0.610. The minimum absolute atomic E-state index is 0.0237. The van der Waals surface area contributed by atoms with Gasteiger partial charge in [0.05, 0.1) is 11.9 Å². The van der Waals surface area contributed by atoms with Gasteiger partial charge in [-0.25, -0.2) is 14.6 Å². The Hall–Kier alpha value is -2.78. The van der Waals surface area contributed by atoms with Crippen LogP contribution in [0.4, 0.5) is 5.95 Å². The molecular weight excluding hydrogens is 416 g/mol. The van der Waals surface area contributed by atoms with Crippen LogP contribution in [0.25, 0.3) is 16.9 Å². The topological polar surface area (TPSA) is 105 Å². The van der Waals surface area contributed by atoms with Crippen molar-refractivity contribution in [2.45, 2.75) is 57.7 Å². The first-order valence-corrected chi connectivity index (χ1v) is 10.5. The van der Waals surface area contributed by atoms with E-state index in [1.54, 1.807) is 24.4 Å². The summed E-state index contributed by atoms with van der Waals surface area (Å²) in [6.07, 6.45) is 5.07. The van der Waals surface area contributed by atoms with Crippen LogP contribution in [-0.2, 0) is 0 Å². The number of rotatable bonds is 4. The molecule has 3 heterocycles. The van der Waals surface area contributed by atoms with E-state index in [9.17, 15) is 5.11 Å². The molecule has 0 unspecified atom stereocenters. The maximum Gasteiger partial charge on any atom is 0.245 e. The summed E-state index contributed by atoms with van der Waals surface area (Å²) < 4.78 is 1.48. The molecule has 9 nitrogen and oxygen atoms in total. The number of nitrogens with one attached hydrogen (secondary N) is 1. The van der Waals surface area contributed by atoms with Gasteiger partial charge in [-0.2, -0.15) is 0 Å². The first-order chi connectivity index (χ1) is 14.5. The van der Waals surface area contributed by atoms with Crippen molar-refractivity contribution in [1.82, 2.24) is 35.3 Å². The highest BCUT2D eigenvalue weighted by Gasteiger charge is 2.39. The third-order valence-electron chi connectivity index (χ3n) is 5.57. The molecular formula is C21H27ClN8O. The molecule has 2 N–H and O–H groups in total. The minimum atomic E-state index is 0.0237. The Balaban J connectivity index is 1.54. The molecule has 1 aromatic carbocycles. The van der Waals surface area contributed by atoms with Crippen molar-refractivity contribution in [2.75, 3.05) is 11.9 Å². The van der Waals surface area contributed by atoms with Crippen LogP contribution in [0.1, 0.15) is 40.5 Å². The fourth-order valence-corrected chi connectivity index (χ4v) is 4.63. The van der Waals surface area contributed by atoms with Crippen molar-refractivity contribution >= 4 is 17.5 Å². The van der Waals surface area contributed by atoms with E-state index >= 15 is 0 Å². The molecule has 0 amide bonds. The van der Waals surface area contributed by atoms with Crippen LogP contribution in [0.3, 0.4) is 0 Å². The highest BCUT2D eigenvalue weighted by atomic mass is 35.5.